The summed E-state index contributed by atoms with van der Waals surface area (Å²) in [4.78, 5) is 24.3. The summed E-state index contributed by atoms with van der Waals surface area (Å²) in [5, 5.41) is 5.05. The second-order valence-corrected chi connectivity index (χ2v) is 4.90. The summed E-state index contributed by atoms with van der Waals surface area (Å²) in [6.07, 6.45) is 0. The number of hydrogen-bond donors (Lipinski definition) is 2. The van der Waals surface area contributed by atoms with Gasteiger partial charge in [0.1, 0.15) is 17.2 Å². The Morgan fingerprint density at radius 3 is 2.12 bits per heavy atom. The van der Waals surface area contributed by atoms with Gasteiger partial charge >= 0.3 is 11.8 Å². The molecular formula is C18H20N2O5. The highest BCUT2D eigenvalue weighted by Gasteiger charge is 2.18. The Labute approximate surface area is 145 Å². The lowest BCUT2D eigenvalue weighted by molar-refractivity contribution is -0.133. The molecule has 0 unspecified atom stereocenters. The van der Waals surface area contributed by atoms with Crippen molar-refractivity contribution < 1.29 is 23.8 Å². The Morgan fingerprint density at radius 1 is 0.880 bits per heavy atom. The molecule has 0 radical (unpaired) electrons. The van der Waals surface area contributed by atoms with Crippen LogP contribution in [0.5, 0.6) is 17.2 Å². The molecule has 2 rings (SSSR count). The lowest BCUT2D eigenvalue weighted by Gasteiger charge is -2.13. The first kappa shape index (κ1) is 18.1. The Hall–Kier alpha value is -3.22. The standard InChI is InChI=1S/C18H20N2O5/c1-4-25-15-8-6-5-7-13(15)19-17(21)18(22)20-14-10-9-12(23-2)11-16(14)24-3/h5-11H,4H2,1-3H3,(H,19,21)(H,20,22). The van der Waals surface area contributed by atoms with Gasteiger partial charge in [-0.25, -0.2) is 0 Å². The number of carbonyl (C=O) groups is 2. The molecule has 2 aromatic carbocycles. The van der Waals surface area contributed by atoms with Crippen LogP contribution in [0.25, 0.3) is 0 Å². The van der Waals surface area contributed by atoms with Crippen molar-refractivity contribution in [1.82, 2.24) is 0 Å². The van der Waals surface area contributed by atoms with E-state index in [1.807, 2.05) is 6.92 Å². The Morgan fingerprint density at radius 2 is 1.52 bits per heavy atom. The summed E-state index contributed by atoms with van der Waals surface area (Å²) in [5.41, 5.74) is 0.785. The molecule has 0 bridgehead atoms. The van der Waals surface area contributed by atoms with Crippen LogP contribution in [0, 0.1) is 0 Å². The van der Waals surface area contributed by atoms with E-state index in [-0.39, 0.29) is 0 Å². The van der Waals surface area contributed by atoms with Crippen LogP contribution in [0.2, 0.25) is 0 Å². The fourth-order valence-electron chi connectivity index (χ4n) is 2.11. The summed E-state index contributed by atoms with van der Waals surface area (Å²) in [6.45, 7) is 2.28. The van der Waals surface area contributed by atoms with Crippen LogP contribution in [0.1, 0.15) is 6.92 Å². The van der Waals surface area contributed by atoms with E-state index in [2.05, 4.69) is 10.6 Å². The van der Waals surface area contributed by atoms with Gasteiger partial charge in [-0.2, -0.15) is 0 Å². The first-order valence-electron chi connectivity index (χ1n) is 7.65. The number of amides is 2. The molecule has 7 heteroatoms. The number of methoxy groups -OCH3 is 2. The maximum Gasteiger partial charge on any atom is 0.314 e. The van der Waals surface area contributed by atoms with Gasteiger partial charge in [0.05, 0.1) is 32.2 Å². The molecule has 2 N–H and O–H groups in total. The Kier molecular flexibility index (Phi) is 6.22. The van der Waals surface area contributed by atoms with Gasteiger partial charge in [-0.1, -0.05) is 12.1 Å². The van der Waals surface area contributed by atoms with E-state index in [0.717, 1.165) is 0 Å². The number of para-hydroxylation sites is 2. The van der Waals surface area contributed by atoms with Gasteiger partial charge in [-0.05, 0) is 31.2 Å². The molecule has 0 aliphatic rings. The van der Waals surface area contributed by atoms with Gasteiger partial charge in [0.15, 0.2) is 0 Å². The first-order chi connectivity index (χ1) is 12.1. The highest BCUT2D eigenvalue weighted by molar-refractivity contribution is 6.43. The number of nitrogens with one attached hydrogen (secondary N) is 2. The summed E-state index contributed by atoms with van der Waals surface area (Å²) in [6, 6.07) is 11.7. The quantitative estimate of drug-likeness (QED) is 0.787. The van der Waals surface area contributed by atoms with Crippen molar-refractivity contribution in [2.45, 2.75) is 6.92 Å². The van der Waals surface area contributed by atoms with Crippen LogP contribution in [0.3, 0.4) is 0 Å². The molecule has 0 heterocycles. The third kappa shape index (κ3) is 4.63. The van der Waals surface area contributed by atoms with E-state index in [1.165, 1.54) is 14.2 Å². The average Bonchev–Trinajstić information content (AvgIpc) is 2.63. The molecule has 7 nitrogen and oxygen atoms in total. The van der Waals surface area contributed by atoms with E-state index in [1.54, 1.807) is 42.5 Å². The highest BCUT2D eigenvalue weighted by atomic mass is 16.5. The molecule has 2 aromatic rings. The number of carbonyl (C=O) groups excluding carboxylic acids is 2. The molecule has 25 heavy (non-hydrogen) atoms. The summed E-state index contributed by atoms with van der Waals surface area (Å²) in [7, 11) is 2.99. The molecule has 132 valence electrons. The fraction of sp³-hybridized carbons (Fsp3) is 0.222. The molecular weight excluding hydrogens is 324 g/mol. The number of hydrogen-bond acceptors (Lipinski definition) is 5. The van der Waals surface area contributed by atoms with Crippen LogP contribution in [0.4, 0.5) is 11.4 Å². The minimum Gasteiger partial charge on any atom is -0.497 e. The average molecular weight is 344 g/mol. The van der Waals surface area contributed by atoms with Gasteiger partial charge in [0.2, 0.25) is 0 Å². The van der Waals surface area contributed by atoms with E-state index in [9.17, 15) is 9.59 Å². The minimum absolute atomic E-state index is 0.363. The van der Waals surface area contributed by atoms with Crippen LogP contribution >= 0.6 is 0 Å². The zero-order valence-corrected chi connectivity index (χ0v) is 14.3. The largest absolute Gasteiger partial charge is 0.497 e. The van der Waals surface area contributed by atoms with Crippen molar-refractivity contribution in [3.05, 3.63) is 42.5 Å². The molecule has 0 fully saturated rings. The molecule has 0 saturated carbocycles. The van der Waals surface area contributed by atoms with E-state index < -0.39 is 11.8 Å². The summed E-state index contributed by atoms with van der Waals surface area (Å²) >= 11 is 0. The van der Waals surface area contributed by atoms with Crippen molar-refractivity contribution in [2.24, 2.45) is 0 Å². The molecule has 2 amide bonds. The van der Waals surface area contributed by atoms with Gasteiger partial charge in [0, 0.05) is 6.07 Å². The summed E-state index contributed by atoms with van der Waals surface area (Å²) < 4.78 is 15.7. The van der Waals surface area contributed by atoms with Crippen molar-refractivity contribution >= 4 is 23.2 Å². The van der Waals surface area contributed by atoms with Crippen LogP contribution < -0.4 is 24.8 Å². The van der Waals surface area contributed by atoms with E-state index in [4.69, 9.17) is 14.2 Å². The van der Waals surface area contributed by atoms with Crippen molar-refractivity contribution in [1.29, 1.82) is 0 Å². The number of ether oxygens (including phenoxy) is 3. The number of benzene rings is 2. The Balaban J connectivity index is 2.10. The monoisotopic (exact) mass is 344 g/mol. The highest BCUT2D eigenvalue weighted by Crippen LogP contribution is 2.29. The van der Waals surface area contributed by atoms with Crippen molar-refractivity contribution in [2.75, 3.05) is 31.5 Å². The number of rotatable bonds is 6. The second kappa shape index (κ2) is 8.58. The molecule has 0 saturated heterocycles. The van der Waals surface area contributed by atoms with Gasteiger partial charge < -0.3 is 24.8 Å². The zero-order chi connectivity index (χ0) is 18.2. The minimum atomic E-state index is -0.824. The Bertz CT molecular complexity index is 761. The van der Waals surface area contributed by atoms with Crippen LogP contribution in [0.15, 0.2) is 42.5 Å². The van der Waals surface area contributed by atoms with Crippen LogP contribution in [-0.2, 0) is 9.59 Å². The summed E-state index contributed by atoms with van der Waals surface area (Å²) in [5.74, 6) is -0.187. The zero-order valence-electron chi connectivity index (χ0n) is 14.3. The predicted molar refractivity (Wildman–Crippen MR) is 94.4 cm³/mol. The van der Waals surface area contributed by atoms with E-state index in [0.29, 0.717) is 35.2 Å². The first-order valence-corrected chi connectivity index (χ1v) is 7.65. The van der Waals surface area contributed by atoms with Crippen molar-refractivity contribution in [3.8, 4) is 17.2 Å². The molecule has 0 spiro atoms. The van der Waals surface area contributed by atoms with Gasteiger partial charge in [0.25, 0.3) is 0 Å². The predicted octanol–water partition coefficient (Wildman–Crippen LogP) is 2.68. The van der Waals surface area contributed by atoms with Gasteiger partial charge in [-0.3, -0.25) is 9.59 Å². The molecule has 0 atom stereocenters. The molecule has 0 aromatic heterocycles. The normalized spacial score (nSPS) is 9.88. The maximum absolute atomic E-state index is 12.2. The van der Waals surface area contributed by atoms with Crippen LogP contribution in [-0.4, -0.2) is 32.6 Å². The van der Waals surface area contributed by atoms with Crippen molar-refractivity contribution in [3.63, 3.8) is 0 Å². The molecule has 0 aliphatic carbocycles. The third-order valence-corrected chi connectivity index (χ3v) is 3.30. The lowest BCUT2D eigenvalue weighted by Crippen LogP contribution is -2.29. The smallest absolute Gasteiger partial charge is 0.314 e. The SMILES string of the molecule is CCOc1ccccc1NC(=O)C(=O)Nc1ccc(OC)cc1OC. The third-order valence-electron chi connectivity index (χ3n) is 3.30. The van der Waals surface area contributed by atoms with Gasteiger partial charge in [-0.15, -0.1) is 0 Å². The van der Waals surface area contributed by atoms with E-state index >= 15 is 0 Å². The fourth-order valence-corrected chi connectivity index (χ4v) is 2.11. The number of anilines is 2. The second-order valence-electron chi connectivity index (χ2n) is 4.90. The lowest BCUT2D eigenvalue weighted by atomic mass is 10.2. The molecule has 0 aliphatic heterocycles. The maximum atomic E-state index is 12.2. The topological polar surface area (TPSA) is 85.9 Å².